The molecule has 2 nitrogen and oxygen atoms in total. The molecule has 1 fully saturated rings. The van der Waals surface area contributed by atoms with E-state index in [4.69, 9.17) is 11.6 Å². The molecule has 1 aromatic rings. The molecule has 2 rings (SSSR count). The van der Waals surface area contributed by atoms with Gasteiger partial charge in [-0.1, -0.05) is 26.2 Å². The van der Waals surface area contributed by atoms with E-state index in [1.165, 1.54) is 37.1 Å². The van der Waals surface area contributed by atoms with Crippen LogP contribution in [-0.4, -0.2) is 23.0 Å². The smallest absolute Gasteiger partial charge is 0.110 e. The maximum atomic E-state index is 5.85. The molecule has 0 bridgehead atoms. The summed E-state index contributed by atoms with van der Waals surface area (Å²) in [6, 6.07) is 1.21. The van der Waals surface area contributed by atoms with Crippen molar-refractivity contribution in [2.24, 2.45) is 0 Å². The average Bonchev–Trinajstić information content (AvgIpc) is 2.89. The Hall–Kier alpha value is -0.120. The molecule has 102 valence electrons. The lowest BCUT2D eigenvalue weighted by molar-refractivity contribution is 0.133. The highest BCUT2D eigenvalue weighted by atomic mass is 35.5. The molecular weight excluding hydrogens is 264 g/mol. The summed E-state index contributed by atoms with van der Waals surface area (Å²) in [7, 11) is 2.27. The monoisotopic (exact) mass is 286 g/mol. The van der Waals surface area contributed by atoms with Gasteiger partial charge < -0.3 is 0 Å². The van der Waals surface area contributed by atoms with Crippen LogP contribution in [0, 0.1) is 0 Å². The number of alkyl halides is 1. The Morgan fingerprint density at radius 1 is 1.44 bits per heavy atom. The van der Waals surface area contributed by atoms with Gasteiger partial charge in [-0.3, -0.25) is 4.90 Å². The van der Waals surface area contributed by atoms with Crippen LogP contribution in [0.3, 0.4) is 0 Å². The molecule has 0 radical (unpaired) electrons. The molecule has 0 spiro atoms. The van der Waals surface area contributed by atoms with Crippen molar-refractivity contribution in [1.82, 2.24) is 9.88 Å². The van der Waals surface area contributed by atoms with Crippen molar-refractivity contribution in [3.05, 3.63) is 16.1 Å². The first-order valence-corrected chi connectivity index (χ1v) is 8.39. The molecule has 1 aromatic heterocycles. The fraction of sp³-hybridized carbons (Fsp3) is 0.786. The van der Waals surface area contributed by atoms with Crippen molar-refractivity contribution in [2.75, 3.05) is 7.05 Å². The van der Waals surface area contributed by atoms with E-state index in [0.29, 0.717) is 11.9 Å². The molecule has 0 aromatic carbocycles. The predicted molar refractivity (Wildman–Crippen MR) is 79.3 cm³/mol. The zero-order chi connectivity index (χ0) is 13.0. The van der Waals surface area contributed by atoms with Crippen LogP contribution >= 0.6 is 22.9 Å². The van der Waals surface area contributed by atoms with Gasteiger partial charge in [0.25, 0.3) is 0 Å². The zero-order valence-corrected chi connectivity index (χ0v) is 12.9. The second kappa shape index (κ2) is 6.88. The maximum Gasteiger partial charge on any atom is 0.110 e. The lowest BCUT2D eigenvalue weighted by atomic mass is 9.93. The summed E-state index contributed by atoms with van der Waals surface area (Å²) in [4.78, 5) is 7.21. The van der Waals surface area contributed by atoms with Gasteiger partial charge in [0.05, 0.1) is 17.6 Å². The zero-order valence-electron chi connectivity index (χ0n) is 11.4. The first-order chi connectivity index (χ1) is 8.76. The van der Waals surface area contributed by atoms with E-state index in [1.807, 2.05) is 0 Å². The Morgan fingerprint density at radius 2 is 2.17 bits per heavy atom. The van der Waals surface area contributed by atoms with E-state index in [2.05, 4.69) is 29.2 Å². The molecule has 1 aliphatic rings. The predicted octanol–water partition coefficient (Wildman–Crippen LogP) is 4.60. The molecule has 0 saturated heterocycles. The summed E-state index contributed by atoms with van der Waals surface area (Å²) in [6.45, 7) is 2.26. The van der Waals surface area contributed by atoms with Crippen LogP contribution in [0.15, 0.2) is 5.38 Å². The van der Waals surface area contributed by atoms with Crippen molar-refractivity contribution in [2.45, 2.75) is 63.4 Å². The molecule has 0 amide bonds. The van der Waals surface area contributed by atoms with E-state index in [9.17, 15) is 0 Å². The van der Waals surface area contributed by atoms with Gasteiger partial charge in [-0.05, 0) is 26.3 Å². The van der Waals surface area contributed by atoms with Crippen LogP contribution in [0.2, 0.25) is 0 Å². The minimum Gasteiger partial charge on any atom is -0.294 e. The summed E-state index contributed by atoms with van der Waals surface area (Å²) in [5, 5.41) is 3.33. The highest BCUT2D eigenvalue weighted by Gasteiger charge is 2.26. The molecule has 4 heteroatoms. The summed E-state index contributed by atoms with van der Waals surface area (Å²) >= 11 is 7.61. The van der Waals surface area contributed by atoms with Crippen LogP contribution in [0.5, 0.6) is 0 Å². The SMILES string of the molecule is CCC(c1nc(CCl)cs1)N(C)C1CCCCC1. The van der Waals surface area contributed by atoms with Gasteiger partial charge in [0.2, 0.25) is 0 Å². The first-order valence-electron chi connectivity index (χ1n) is 6.98. The van der Waals surface area contributed by atoms with Crippen molar-refractivity contribution >= 4 is 22.9 Å². The Balaban J connectivity index is 2.06. The van der Waals surface area contributed by atoms with Gasteiger partial charge in [0.15, 0.2) is 0 Å². The third-order valence-corrected chi connectivity index (χ3v) is 5.29. The number of thiazole rings is 1. The van der Waals surface area contributed by atoms with E-state index < -0.39 is 0 Å². The fourth-order valence-electron chi connectivity index (χ4n) is 2.92. The molecule has 1 atom stereocenters. The van der Waals surface area contributed by atoms with Crippen LogP contribution in [-0.2, 0) is 5.88 Å². The molecule has 1 saturated carbocycles. The van der Waals surface area contributed by atoms with Gasteiger partial charge in [-0.2, -0.15) is 0 Å². The highest BCUT2D eigenvalue weighted by Crippen LogP contribution is 2.32. The quantitative estimate of drug-likeness (QED) is 0.736. The van der Waals surface area contributed by atoms with Crippen LogP contribution in [0.4, 0.5) is 0 Å². The number of hydrogen-bond acceptors (Lipinski definition) is 3. The van der Waals surface area contributed by atoms with Crippen LogP contribution in [0.1, 0.15) is 62.2 Å². The van der Waals surface area contributed by atoms with Gasteiger partial charge in [0.1, 0.15) is 5.01 Å². The lowest BCUT2D eigenvalue weighted by Gasteiger charge is -2.36. The van der Waals surface area contributed by atoms with Crippen molar-refractivity contribution in [3.8, 4) is 0 Å². The minimum absolute atomic E-state index is 0.468. The van der Waals surface area contributed by atoms with Crippen LogP contribution in [0.25, 0.3) is 0 Å². The van der Waals surface area contributed by atoms with E-state index in [-0.39, 0.29) is 0 Å². The Kier molecular flexibility index (Phi) is 5.46. The molecule has 18 heavy (non-hydrogen) atoms. The molecular formula is C14H23ClN2S. The molecule has 0 aliphatic heterocycles. The second-order valence-electron chi connectivity index (χ2n) is 5.19. The lowest BCUT2D eigenvalue weighted by Crippen LogP contribution is -2.36. The first kappa shape index (κ1) is 14.3. The standard InChI is InChI=1S/C14H23ClN2S/c1-3-13(14-16-11(9-15)10-18-14)17(2)12-7-5-4-6-8-12/h10,12-13H,3-9H2,1-2H3. The van der Waals surface area contributed by atoms with Gasteiger partial charge >= 0.3 is 0 Å². The van der Waals surface area contributed by atoms with Crippen molar-refractivity contribution in [3.63, 3.8) is 0 Å². The van der Waals surface area contributed by atoms with E-state index >= 15 is 0 Å². The number of halogens is 1. The number of nitrogens with zero attached hydrogens (tertiary/aromatic N) is 2. The highest BCUT2D eigenvalue weighted by molar-refractivity contribution is 7.09. The largest absolute Gasteiger partial charge is 0.294 e. The normalized spacial score (nSPS) is 19.3. The van der Waals surface area contributed by atoms with Crippen LogP contribution < -0.4 is 0 Å². The number of aromatic nitrogens is 1. The fourth-order valence-corrected chi connectivity index (χ4v) is 4.20. The Labute approximate surface area is 119 Å². The second-order valence-corrected chi connectivity index (χ2v) is 6.35. The third kappa shape index (κ3) is 3.25. The minimum atomic E-state index is 0.468. The number of rotatable bonds is 5. The van der Waals surface area contributed by atoms with Gasteiger partial charge in [-0.15, -0.1) is 22.9 Å². The Morgan fingerprint density at radius 3 is 2.72 bits per heavy atom. The van der Waals surface area contributed by atoms with Crippen molar-refractivity contribution in [1.29, 1.82) is 0 Å². The van der Waals surface area contributed by atoms with Crippen molar-refractivity contribution < 1.29 is 0 Å². The maximum absolute atomic E-state index is 5.85. The summed E-state index contributed by atoms with van der Waals surface area (Å²) in [6.07, 6.45) is 8.00. The molecule has 1 unspecified atom stereocenters. The summed E-state index contributed by atoms with van der Waals surface area (Å²) < 4.78 is 0. The van der Waals surface area contributed by atoms with Gasteiger partial charge in [0, 0.05) is 11.4 Å². The molecule has 0 N–H and O–H groups in total. The Bertz CT molecular complexity index is 360. The summed E-state index contributed by atoms with van der Waals surface area (Å²) in [5.41, 5.74) is 1.02. The summed E-state index contributed by atoms with van der Waals surface area (Å²) in [5.74, 6) is 0.528. The van der Waals surface area contributed by atoms with E-state index in [0.717, 1.165) is 18.2 Å². The number of hydrogen-bond donors (Lipinski definition) is 0. The molecule has 1 aliphatic carbocycles. The third-order valence-electron chi connectivity index (χ3n) is 4.02. The van der Waals surface area contributed by atoms with Gasteiger partial charge in [-0.25, -0.2) is 4.98 Å². The molecule has 1 heterocycles. The van der Waals surface area contributed by atoms with E-state index in [1.54, 1.807) is 11.3 Å². The topological polar surface area (TPSA) is 16.1 Å². The average molecular weight is 287 g/mol.